The van der Waals surface area contributed by atoms with Gasteiger partial charge < -0.3 is 5.73 Å². The van der Waals surface area contributed by atoms with Crippen LogP contribution in [0.15, 0.2) is 24.3 Å². The van der Waals surface area contributed by atoms with Crippen molar-refractivity contribution < 1.29 is 0 Å². The van der Waals surface area contributed by atoms with Crippen molar-refractivity contribution in [3.63, 3.8) is 0 Å². The first-order valence-corrected chi connectivity index (χ1v) is 5.84. The molecule has 2 aromatic rings. The molecule has 0 saturated heterocycles. The zero-order valence-electron chi connectivity index (χ0n) is 10.5. The van der Waals surface area contributed by atoms with Gasteiger partial charge in [0, 0.05) is 5.92 Å². The second kappa shape index (κ2) is 4.67. The molecule has 1 aromatic carbocycles. The van der Waals surface area contributed by atoms with Crippen LogP contribution in [-0.2, 0) is 6.54 Å². The van der Waals surface area contributed by atoms with Crippen LogP contribution in [-0.4, -0.2) is 14.8 Å². The molecule has 17 heavy (non-hydrogen) atoms. The minimum atomic E-state index is 0.323. The first-order chi connectivity index (χ1) is 8.11. The average molecular weight is 230 g/mol. The summed E-state index contributed by atoms with van der Waals surface area (Å²) in [6, 6.07) is 8.25. The summed E-state index contributed by atoms with van der Waals surface area (Å²) in [5.74, 6) is 1.97. The number of aryl methyl sites for hydroxylation is 1. The van der Waals surface area contributed by atoms with Gasteiger partial charge in [0.05, 0.1) is 12.2 Å². The van der Waals surface area contributed by atoms with Crippen LogP contribution in [0.25, 0.3) is 5.69 Å². The lowest BCUT2D eigenvalue weighted by Crippen LogP contribution is -2.04. The summed E-state index contributed by atoms with van der Waals surface area (Å²) >= 11 is 0. The molecule has 2 N–H and O–H groups in total. The van der Waals surface area contributed by atoms with Crippen LogP contribution in [0.3, 0.4) is 0 Å². The molecule has 0 saturated carbocycles. The van der Waals surface area contributed by atoms with Gasteiger partial charge in [0.1, 0.15) is 5.82 Å². The van der Waals surface area contributed by atoms with E-state index in [1.807, 2.05) is 4.68 Å². The van der Waals surface area contributed by atoms with Gasteiger partial charge in [-0.3, -0.25) is 0 Å². The second-order valence-electron chi connectivity index (χ2n) is 4.49. The Hall–Kier alpha value is -1.68. The number of hydrogen-bond acceptors (Lipinski definition) is 3. The van der Waals surface area contributed by atoms with Gasteiger partial charge in [0.15, 0.2) is 5.82 Å². The molecule has 1 heterocycles. The third kappa shape index (κ3) is 2.36. The summed E-state index contributed by atoms with van der Waals surface area (Å²) in [6.45, 7) is 6.66. The van der Waals surface area contributed by atoms with Gasteiger partial charge in [-0.2, -0.15) is 0 Å². The van der Waals surface area contributed by atoms with Gasteiger partial charge in [-0.1, -0.05) is 31.5 Å². The van der Waals surface area contributed by atoms with E-state index in [4.69, 9.17) is 5.73 Å². The Labute approximate surface area is 101 Å². The third-order valence-electron chi connectivity index (χ3n) is 2.65. The van der Waals surface area contributed by atoms with E-state index in [-0.39, 0.29) is 0 Å². The summed E-state index contributed by atoms with van der Waals surface area (Å²) in [7, 11) is 0. The smallest absolute Gasteiger partial charge is 0.164 e. The van der Waals surface area contributed by atoms with Crippen molar-refractivity contribution in [2.45, 2.75) is 33.2 Å². The van der Waals surface area contributed by atoms with Crippen LogP contribution < -0.4 is 5.73 Å². The lowest BCUT2D eigenvalue weighted by Gasteiger charge is -2.08. The standard InChI is InChI=1S/C13H18N4/c1-9(2)13-15-12(8-14)16-17(13)11-6-4-10(3)5-7-11/h4-7,9H,8,14H2,1-3H3. The van der Waals surface area contributed by atoms with Gasteiger partial charge in [-0.05, 0) is 19.1 Å². The van der Waals surface area contributed by atoms with Crippen LogP contribution in [0.5, 0.6) is 0 Å². The van der Waals surface area contributed by atoms with Crippen LogP contribution in [0, 0.1) is 6.92 Å². The molecule has 90 valence electrons. The van der Waals surface area contributed by atoms with Crippen molar-refractivity contribution in [2.24, 2.45) is 5.73 Å². The van der Waals surface area contributed by atoms with E-state index in [0.29, 0.717) is 18.3 Å². The van der Waals surface area contributed by atoms with Crippen molar-refractivity contribution in [1.29, 1.82) is 0 Å². The fourth-order valence-corrected chi connectivity index (χ4v) is 1.70. The fourth-order valence-electron chi connectivity index (χ4n) is 1.70. The van der Waals surface area contributed by atoms with E-state index >= 15 is 0 Å². The van der Waals surface area contributed by atoms with Crippen molar-refractivity contribution >= 4 is 0 Å². The number of nitrogens with zero attached hydrogens (tertiary/aromatic N) is 3. The highest BCUT2D eigenvalue weighted by Crippen LogP contribution is 2.17. The van der Waals surface area contributed by atoms with Gasteiger partial charge in [-0.25, -0.2) is 9.67 Å². The molecule has 0 unspecified atom stereocenters. The van der Waals surface area contributed by atoms with Crippen LogP contribution >= 0.6 is 0 Å². The molecule has 2 rings (SSSR count). The van der Waals surface area contributed by atoms with Crippen molar-refractivity contribution in [2.75, 3.05) is 0 Å². The quantitative estimate of drug-likeness (QED) is 0.879. The lowest BCUT2D eigenvalue weighted by atomic mass is 10.2. The van der Waals surface area contributed by atoms with E-state index in [1.165, 1.54) is 5.56 Å². The Morgan fingerprint density at radius 2 is 1.88 bits per heavy atom. The predicted molar refractivity (Wildman–Crippen MR) is 68.1 cm³/mol. The number of benzene rings is 1. The van der Waals surface area contributed by atoms with Crippen molar-refractivity contribution in [1.82, 2.24) is 14.8 Å². The molecule has 0 aliphatic rings. The third-order valence-corrected chi connectivity index (χ3v) is 2.65. The highest BCUT2D eigenvalue weighted by molar-refractivity contribution is 5.34. The molecule has 1 aromatic heterocycles. The lowest BCUT2D eigenvalue weighted by molar-refractivity contribution is 0.713. The van der Waals surface area contributed by atoms with E-state index < -0.39 is 0 Å². The zero-order valence-corrected chi connectivity index (χ0v) is 10.5. The second-order valence-corrected chi connectivity index (χ2v) is 4.49. The van der Waals surface area contributed by atoms with E-state index in [9.17, 15) is 0 Å². The Kier molecular flexibility index (Phi) is 3.24. The maximum absolute atomic E-state index is 5.60. The molecule has 0 aliphatic carbocycles. The first-order valence-electron chi connectivity index (χ1n) is 5.84. The Balaban J connectivity index is 2.49. The minimum Gasteiger partial charge on any atom is -0.324 e. The van der Waals surface area contributed by atoms with Crippen molar-refractivity contribution in [3.8, 4) is 5.69 Å². The fraction of sp³-hybridized carbons (Fsp3) is 0.385. The van der Waals surface area contributed by atoms with E-state index in [2.05, 4.69) is 55.1 Å². The summed E-state index contributed by atoms with van der Waals surface area (Å²) in [5.41, 5.74) is 7.87. The van der Waals surface area contributed by atoms with Crippen molar-refractivity contribution in [3.05, 3.63) is 41.5 Å². The largest absolute Gasteiger partial charge is 0.324 e. The topological polar surface area (TPSA) is 56.7 Å². The molecule has 0 bridgehead atoms. The molecule has 0 aliphatic heterocycles. The van der Waals surface area contributed by atoms with Gasteiger partial charge in [0.25, 0.3) is 0 Å². The summed E-state index contributed by atoms with van der Waals surface area (Å²) in [6.07, 6.45) is 0. The molecule has 0 fully saturated rings. The highest BCUT2D eigenvalue weighted by Gasteiger charge is 2.13. The van der Waals surface area contributed by atoms with Crippen LogP contribution in [0.2, 0.25) is 0 Å². The number of rotatable bonds is 3. The summed E-state index contributed by atoms with van der Waals surface area (Å²) in [4.78, 5) is 4.45. The van der Waals surface area contributed by atoms with Gasteiger partial charge >= 0.3 is 0 Å². The highest BCUT2D eigenvalue weighted by atomic mass is 15.4. The SMILES string of the molecule is Cc1ccc(-n2nc(CN)nc2C(C)C)cc1. The predicted octanol–water partition coefficient (Wildman–Crippen LogP) is 2.16. The Morgan fingerprint density at radius 1 is 1.24 bits per heavy atom. The van der Waals surface area contributed by atoms with Crippen LogP contribution in [0.4, 0.5) is 0 Å². The molecule has 4 nitrogen and oxygen atoms in total. The first kappa shape index (κ1) is 11.8. The van der Waals surface area contributed by atoms with Crippen LogP contribution in [0.1, 0.15) is 37.0 Å². The summed E-state index contributed by atoms with van der Waals surface area (Å²) in [5, 5.41) is 4.43. The normalized spacial score (nSPS) is 11.1. The molecular formula is C13H18N4. The molecule has 0 amide bonds. The van der Waals surface area contributed by atoms with Gasteiger partial charge in [0.2, 0.25) is 0 Å². The maximum atomic E-state index is 5.60. The number of hydrogen-bond donors (Lipinski definition) is 1. The number of nitrogens with two attached hydrogens (primary N) is 1. The molecule has 0 spiro atoms. The van der Waals surface area contributed by atoms with E-state index in [1.54, 1.807) is 0 Å². The monoisotopic (exact) mass is 230 g/mol. The molecule has 0 radical (unpaired) electrons. The Bertz CT molecular complexity index is 497. The Morgan fingerprint density at radius 3 is 2.41 bits per heavy atom. The average Bonchev–Trinajstić information content (AvgIpc) is 2.74. The molecule has 4 heteroatoms. The maximum Gasteiger partial charge on any atom is 0.164 e. The van der Waals surface area contributed by atoms with Gasteiger partial charge in [-0.15, -0.1) is 5.10 Å². The molecule has 0 atom stereocenters. The summed E-state index contributed by atoms with van der Waals surface area (Å²) < 4.78 is 1.88. The minimum absolute atomic E-state index is 0.323. The van der Waals surface area contributed by atoms with E-state index in [0.717, 1.165) is 11.5 Å². The molecular weight excluding hydrogens is 212 g/mol. The zero-order chi connectivity index (χ0) is 12.4. The number of aromatic nitrogens is 3.